The van der Waals surface area contributed by atoms with Crippen LogP contribution in [0.25, 0.3) is 0 Å². The number of anilines is 1. The van der Waals surface area contributed by atoms with Crippen LogP contribution in [0.15, 0.2) is 54.6 Å². The molecule has 0 aliphatic carbocycles. The molecule has 1 amide bonds. The highest BCUT2D eigenvalue weighted by Gasteiger charge is 2.36. The molecule has 1 aliphatic rings. The predicted molar refractivity (Wildman–Crippen MR) is 113 cm³/mol. The van der Waals surface area contributed by atoms with Crippen molar-refractivity contribution >= 4 is 11.6 Å². The Kier molecular flexibility index (Phi) is 7.06. The van der Waals surface area contributed by atoms with Gasteiger partial charge in [0.1, 0.15) is 0 Å². The third-order valence-electron chi connectivity index (χ3n) is 5.48. The van der Waals surface area contributed by atoms with Crippen molar-refractivity contribution in [3.63, 3.8) is 0 Å². The molecular weight excluding hydrogens is 350 g/mol. The van der Waals surface area contributed by atoms with Crippen LogP contribution < -0.4 is 11.1 Å². The molecule has 0 unspecified atom stereocenters. The molecule has 3 rings (SSSR count). The molecule has 1 fully saturated rings. The minimum atomic E-state index is -0.401. The molecule has 28 heavy (non-hydrogen) atoms. The highest BCUT2D eigenvalue weighted by Crippen LogP contribution is 2.36. The molecule has 1 aliphatic heterocycles. The van der Waals surface area contributed by atoms with Gasteiger partial charge in [0.25, 0.3) is 5.91 Å². The topological polar surface area (TPSA) is 67.6 Å². The molecule has 0 saturated carbocycles. The van der Waals surface area contributed by atoms with Gasteiger partial charge in [-0.2, -0.15) is 0 Å². The summed E-state index contributed by atoms with van der Waals surface area (Å²) in [5.41, 5.74) is 7.91. The molecular formula is C23H31N3O2. The third-order valence-corrected chi connectivity index (χ3v) is 5.48. The van der Waals surface area contributed by atoms with Gasteiger partial charge in [-0.15, -0.1) is 0 Å². The Balaban J connectivity index is 1.55. The van der Waals surface area contributed by atoms with Crippen molar-refractivity contribution in [3.05, 3.63) is 65.7 Å². The molecule has 3 N–H and O–H groups in total. The molecule has 0 atom stereocenters. The highest BCUT2D eigenvalue weighted by atomic mass is 16.5. The Labute approximate surface area is 167 Å². The second kappa shape index (κ2) is 9.71. The summed E-state index contributed by atoms with van der Waals surface area (Å²) in [5, 5.41) is 3.35. The number of para-hydroxylation sites is 1. The zero-order valence-electron chi connectivity index (χ0n) is 16.7. The van der Waals surface area contributed by atoms with E-state index in [9.17, 15) is 4.79 Å². The van der Waals surface area contributed by atoms with Gasteiger partial charge in [-0.1, -0.05) is 49.4 Å². The molecule has 0 radical (unpaired) electrons. The van der Waals surface area contributed by atoms with Crippen LogP contribution in [0.5, 0.6) is 0 Å². The van der Waals surface area contributed by atoms with Gasteiger partial charge in [0.05, 0.1) is 11.2 Å². The average Bonchev–Trinajstić information content (AvgIpc) is 2.74. The number of carbonyl (C=O) groups is 1. The molecule has 2 aromatic carbocycles. The number of piperidine rings is 1. The summed E-state index contributed by atoms with van der Waals surface area (Å²) in [6.45, 7) is 6.64. The first-order chi connectivity index (χ1) is 13.6. The van der Waals surface area contributed by atoms with E-state index in [2.05, 4.69) is 47.5 Å². The maximum atomic E-state index is 11.5. The number of nitrogens with two attached hydrogens (primary N) is 1. The standard InChI is InChI=1S/C23H31N3O2/c1-2-18-28-23(19-8-4-3-5-9-19)12-15-26(16-13-23)17-14-25-21-11-7-6-10-20(21)22(24)27/h3-11,25H,2,12-18H2,1H3,(H2,24,27). The Morgan fingerprint density at radius 3 is 2.46 bits per heavy atom. The second-order valence-electron chi connectivity index (χ2n) is 7.39. The van der Waals surface area contributed by atoms with Crippen molar-refractivity contribution in [2.75, 3.05) is 38.1 Å². The first kappa shape index (κ1) is 20.4. The lowest BCUT2D eigenvalue weighted by Gasteiger charge is -2.42. The number of amides is 1. The van der Waals surface area contributed by atoms with Crippen molar-refractivity contribution in [2.45, 2.75) is 31.8 Å². The normalized spacial score (nSPS) is 16.6. The number of nitrogens with zero attached hydrogens (tertiary/aromatic N) is 1. The van der Waals surface area contributed by atoms with Crippen LogP contribution in [0, 0.1) is 0 Å². The van der Waals surface area contributed by atoms with Crippen LogP contribution in [0.1, 0.15) is 42.1 Å². The number of primary amides is 1. The minimum Gasteiger partial charge on any atom is -0.383 e. The molecule has 0 bridgehead atoms. The van der Waals surface area contributed by atoms with E-state index in [0.717, 1.165) is 57.7 Å². The van der Waals surface area contributed by atoms with Gasteiger partial charge in [0.15, 0.2) is 0 Å². The van der Waals surface area contributed by atoms with Crippen LogP contribution in [-0.4, -0.2) is 43.6 Å². The lowest BCUT2D eigenvalue weighted by Crippen LogP contribution is -2.45. The van der Waals surface area contributed by atoms with Gasteiger partial charge in [0, 0.05) is 38.5 Å². The lowest BCUT2D eigenvalue weighted by atomic mass is 9.84. The molecule has 1 heterocycles. The fourth-order valence-electron chi connectivity index (χ4n) is 3.89. The first-order valence-corrected chi connectivity index (χ1v) is 10.2. The molecule has 1 saturated heterocycles. The molecule has 5 nitrogen and oxygen atoms in total. The number of benzene rings is 2. The predicted octanol–water partition coefficient (Wildman–Crippen LogP) is 3.62. The number of ether oxygens (including phenoxy) is 1. The van der Waals surface area contributed by atoms with E-state index in [0.29, 0.717) is 5.56 Å². The number of likely N-dealkylation sites (tertiary alicyclic amines) is 1. The monoisotopic (exact) mass is 381 g/mol. The molecule has 0 aromatic heterocycles. The zero-order chi connectivity index (χ0) is 19.8. The van der Waals surface area contributed by atoms with Crippen molar-refractivity contribution < 1.29 is 9.53 Å². The Hall–Kier alpha value is -2.37. The maximum Gasteiger partial charge on any atom is 0.250 e. The molecule has 150 valence electrons. The summed E-state index contributed by atoms with van der Waals surface area (Å²) in [6.07, 6.45) is 3.02. The summed E-state index contributed by atoms with van der Waals surface area (Å²) in [5.74, 6) is -0.401. The van der Waals surface area contributed by atoms with E-state index in [1.54, 1.807) is 6.07 Å². The first-order valence-electron chi connectivity index (χ1n) is 10.2. The second-order valence-corrected chi connectivity index (χ2v) is 7.39. The highest BCUT2D eigenvalue weighted by molar-refractivity contribution is 5.98. The Morgan fingerprint density at radius 1 is 1.11 bits per heavy atom. The van der Waals surface area contributed by atoms with E-state index in [-0.39, 0.29) is 5.60 Å². The summed E-state index contributed by atoms with van der Waals surface area (Å²) in [6, 6.07) is 18.0. The Morgan fingerprint density at radius 2 is 1.79 bits per heavy atom. The van der Waals surface area contributed by atoms with E-state index in [4.69, 9.17) is 10.5 Å². The van der Waals surface area contributed by atoms with Crippen LogP contribution in [0.2, 0.25) is 0 Å². The third kappa shape index (κ3) is 4.91. The molecule has 2 aromatic rings. The summed E-state index contributed by atoms with van der Waals surface area (Å²) < 4.78 is 6.38. The van der Waals surface area contributed by atoms with Crippen molar-refractivity contribution in [1.29, 1.82) is 0 Å². The van der Waals surface area contributed by atoms with Crippen molar-refractivity contribution in [2.24, 2.45) is 5.73 Å². The fourth-order valence-corrected chi connectivity index (χ4v) is 3.89. The maximum absolute atomic E-state index is 11.5. The lowest BCUT2D eigenvalue weighted by molar-refractivity contribution is -0.0892. The van der Waals surface area contributed by atoms with Crippen LogP contribution in [0.3, 0.4) is 0 Å². The van der Waals surface area contributed by atoms with E-state index >= 15 is 0 Å². The van der Waals surface area contributed by atoms with Gasteiger partial charge in [-0.05, 0) is 37.0 Å². The van der Waals surface area contributed by atoms with E-state index < -0.39 is 5.91 Å². The SMILES string of the molecule is CCCOC1(c2ccccc2)CCN(CCNc2ccccc2C(N)=O)CC1. The van der Waals surface area contributed by atoms with Crippen molar-refractivity contribution in [1.82, 2.24) is 4.90 Å². The van der Waals surface area contributed by atoms with Gasteiger partial charge < -0.3 is 20.7 Å². The van der Waals surface area contributed by atoms with Gasteiger partial charge >= 0.3 is 0 Å². The number of carbonyl (C=O) groups excluding carboxylic acids is 1. The quantitative estimate of drug-likeness (QED) is 0.696. The van der Waals surface area contributed by atoms with Crippen LogP contribution in [0.4, 0.5) is 5.69 Å². The average molecular weight is 382 g/mol. The summed E-state index contributed by atoms with van der Waals surface area (Å²) >= 11 is 0. The summed E-state index contributed by atoms with van der Waals surface area (Å²) in [4.78, 5) is 14.0. The van der Waals surface area contributed by atoms with Crippen LogP contribution >= 0.6 is 0 Å². The van der Waals surface area contributed by atoms with Gasteiger partial charge in [-0.25, -0.2) is 0 Å². The largest absolute Gasteiger partial charge is 0.383 e. The van der Waals surface area contributed by atoms with Crippen molar-refractivity contribution in [3.8, 4) is 0 Å². The fraction of sp³-hybridized carbons (Fsp3) is 0.435. The smallest absolute Gasteiger partial charge is 0.250 e. The summed E-state index contributed by atoms with van der Waals surface area (Å²) in [7, 11) is 0. The van der Waals surface area contributed by atoms with E-state index in [1.165, 1.54) is 5.56 Å². The van der Waals surface area contributed by atoms with E-state index in [1.807, 2.05) is 18.2 Å². The molecule has 5 heteroatoms. The Bertz CT molecular complexity index is 755. The number of hydrogen-bond acceptors (Lipinski definition) is 4. The van der Waals surface area contributed by atoms with Gasteiger partial charge in [-0.3, -0.25) is 4.79 Å². The minimum absolute atomic E-state index is 0.167. The number of hydrogen-bond donors (Lipinski definition) is 2. The van der Waals surface area contributed by atoms with Gasteiger partial charge in [0.2, 0.25) is 0 Å². The zero-order valence-corrected chi connectivity index (χ0v) is 16.7. The number of nitrogens with one attached hydrogen (secondary N) is 1. The number of rotatable bonds is 9. The molecule has 0 spiro atoms. The van der Waals surface area contributed by atoms with Crippen LogP contribution in [-0.2, 0) is 10.3 Å².